The van der Waals surface area contributed by atoms with E-state index in [4.69, 9.17) is 4.74 Å². The Morgan fingerprint density at radius 1 is 1.30 bits per heavy atom. The maximum absolute atomic E-state index is 12.4. The molecule has 1 aliphatic rings. The molecule has 0 atom stereocenters. The van der Waals surface area contributed by atoms with E-state index in [0.29, 0.717) is 5.69 Å². The zero-order valence-electron chi connectivity index (χ0n) is 11.3. The second kappa shape index (κ2) is 6.15. The molecule has 5 nitrogen and oxygen atoms in total. The number of piperazine rings is 1. The summed E-state index contributed by atoms with van der Waals surface area (Å²) in [5.41, 5.74) is 1.55. The fourth-order valence-electron chi connectivity index (χ4n) is 2.46. The second-order valence-corrected chi connectivity index (χ2v) is 4.65. The van der Waals surface area contributed by atoms with Crippen LogP contribution in [0.15, 0.2) is 24.3 Å². The smallest absolute Gasteiger partial charge is 0.270 e. The van der Waals surface area contributed by atoms with Crippen molar-refractivity contribution in [2.45, 2.75) is 0 Å². The summed E-state index contributed by atoms with van der Waals surface area (Å²) in [5, 5.41) is 4.19. The fourth-order valence-corrected chi connectivity index (χ4v) is 2.46. The molecule has 1 saturated heterocycles. The molecule has 3 rings (SSSR count). The van der Waals surface area contributed by atoms with Crippen LogP contribution in [0.1, 0.15) is 10.5 Å². The number of H-pyrrole nitrogens is 1. The van der Waals surface area contributed by atoms with E-state index in [2.05, 4.69) is 10.3 Å². The molecular formula is C14H18ClN3O2. The van der Waals surface area contributed by atoms with Crippen molar-refractivity contribution in [2.24, 2.45) is 0 Å². The minimum Gasteiger partial charge on any atom is -0.496 e. The Kier molecular flexibility index (Phi) is 4.52. The number of hydrogen-bond donors (Lipinski definition) is 2. The Morgan fingerprint density at radius 2 is 2.05 bits per heavy atom. The summed E-state index contributed by atoms with van der Waals surface area (Å²) in [6.07, 6.45) is 0. The van der Waals surface area contributed by atoms with Crippen LogP contribution in [0.5, 0.6) is 5.75 Å². The minimum atomic E-state index is 0. The quantitative estimate of drug-likeness (QED) is 0.886. The van der Waals surface area contributed by atoms with E-state index in [0.717, 1.165) is 42.8 Å². The third-order valence-electron chi connectivity index (χ3n) is 3.48. The van der Waals surface area contributed by atoms with Crippen molar-refractivity contribution in [1.82, 2.24) is 15.2 Å². The molecule has 0 spiro atoms. The molecule has 20 heavy (non-hydrogen) atoms. The summed E-state index contributed by atoms with van der Waals surface area (Å²) in [4.78, 5) is 17.4. The van der Waals surface area contributed by atoms with Crippen LogP contribution in [0.25, 0.3) is 10.9 Å². The number of halogens is 1. The number of amides is 1. The van der Waals surface area contributed by atoms with Crippen molar-refractivity contribution >= 4 is 29.2 Å². The molecule has 2 heterocycles. The van der Waals surface area contributed by atoms with Gasteiger partial charge in [0.2, 0.25) is 0 Å². The van der Waals surface area contributed by atoms with Crippen LogP contribution in [0.2, 0.25) is 0 Å². The molecule has 0 unspecified atom stereocenters. The summed E-state index contributed by atoms with van der Waals surface area (Å²) >= 11 is 0. The second-order valence-electron chi connectivity index (χ2n) is 4.65. The molecule has 0 saturated carbocycles. The van der Waals surface area contributed by atoms with Crippen LogP contribution in [0, 0.1) is 0 Å². The van der Waals surface area contributed by atoms with Gasteiger partial charge in [-0.3, -0.25) is 4.79 Å². The average molecular weight is 296 g/mol. The van der Waals surface area contributed by atoms with E-state index in [1.165, 1.54) is 0 Å². The molecule has 2 N–H and O–H groups in total. The van der Waals surface area contributed by atoms with Gasteiger partial charge < -0.3 is 19.9 Å². The van der Waals surface area contributed by atoms with E-state index in [1.807, 2.05) is 29.2 Å². The number of carbonyl (C=O) groups excluding carboxylic acids is 1. The van der Waals surface area contributed by atoms with Crippen LogP contribution in [0.4, 0.5) is 0 Å². The Hall–Kier alpha value is -1.72. The zero-order chi connectivity index (χ0) is 13.2. The van der Waals surface area contributed by atoms with Gasteiger partial charge in [0.1, 0.15) is 11.4 Å². The first-order valence-corrected chi connectivity index (χ1v) is 6.45. The highest BCUT2D eigenvalue weighted by Crippen LogP contribution is 2.26. The standard InChI is InChI=1S/C14H17N3O2.ClH/c1-19-13-4-2-3-11-10(13)9-12(16-11)14(18)17-7-5-15-6-8-17;/h2-4,9,15-16H,5-8H2,1H3;1H. The van der Waals surface area contributed by atoms with Gasteiger partial charge in [-0.2, -0.15) is 0 Å². The third-order valence-corrected chi connectivity index (χ3v) is 3.48. The first-order chi connectivity index (χ1) is 9.29. The lowest BCUT2D eigenvalue weighted by Crippen LogP contribution is -2.46. The largest absolute Gasteiger partial charge is 0.496 e. The predicted molar refractivity (Wildman–Crippen MR) is 80.9 cm³/mol. The molecule has 0 aliphatic carbocycles. The van der Waals surface area contributed by atoms with Crippen molar-refractivity contribution < 1.29 is 9.53 Å². The van der Waals surface area contributed by atoms with Crippen LogP contribution in [0.3, 0.4) is 0 Å². The molecule has 2 aromatic rings. The molecule has 0 bridgehead atoms. The number of nitrogens with one attached hydrogen (secondary N) is 2. The van der Waals surface area contributed by atoms with Gasteiger partial charge in [-0.25, -0.2) is 0 Å². The summed E-state index contributed by atoms with van der Waals surface area (Å²) in [5.74, 6) is 0.841. The summed E-state index contributed by atoms with van der Waals surface area (Å²) in [7, 11) is 1.64. The number of methoxy groups -OCH3 is 1. The van der Waals surface area contributed by atoms with Gasteiger partial charge in [-0.15, -0.1) is 12.4 Å². The molecule has 1 aliphatic heterocycles. The molecule has 6 heteroatoms. The van der Waals surface area contributed by atoms with E-state index in [9.17, 15) is 4.79 Å². The van der Waals surface area contributed by atoms with E-state index in [-0.39, 0.29) is 18.3 Å². The molecule has 0 radical (unpaired) electrons. The van der Waals surface area contributed by atoms with Crippen molar-refractivity contribution in [3.05, 3.63) is 30.0 Å². The van der Waals surface area contributed by atoms with Gasteiger partial charge in [-0.05, 0) is 18.2 Å². The van der Waals surface area contributed by atoms with Crippen molar-refractivity contribution in [3.63, 3.8) is 0 Å². The first kappa shape index (κ1) is 14.7. The molecule has 1 aromatic carbocycles. The van der Waals surface area contributed by atoms with E-state index >= 15 is 0 Å². The lowest BCUT2D eigenvalue weighted by molar-refractivity contribution is 0.0731. The number of aromatic amines is 1. The van der Waals surface area contributed by atoms with Crippen molar-refractivity contribution in [1.29, 1.82) is 0 Å². The van der Waals surface area contributed by atoms with Gasteiger partial charge in [0.15, 0.2) is 0 Å². The number of ether oxygens (including phenoxy) is 1. The first-order valence-electron chi connectivity index (χ1n) is 6.45. The topological polar surface area (TPSA) is 57.4 Å². The van der Waals surface area contributed by atoms with E-state index < -0.39 is 0 Å². The molecule has 1 amide bonds. The fraction of sp³-hybridized carbons (Fsp3) is 0.357. The number of carbonyl (C=O) groups is 1. The molecular weight excluding hydrogens is 278 g/mol. The van der Waals surface area contributed by atoms with Crippen LogP contribution in [-0.2, 0) is 0 Å². The number of rotatable bonds is 2. The van der Waals surface area contributed by atoms with E-state index in [1.54, 1.807) is 7.11 Å². The number of nitrogens with zero attached hydrogens (tertiary/aromatic N) is 1. The number of benzene rings is 1. The van der Waals surface area contributed by atoms with Gasteiger partial charge in [0.25, 0.3) is 5.91 Å². The SMILES string of the molecule is COc1cccc2[nH]c(C(=O)N3CCNCC3)cc12.Cl. The Morgan fingerprint density at radius 3 is 2.75 bits per heavy atom. The highest BCUT2D eigenvalue weighted by atomic mass is 35.5. The Bertz CT molecular complexity index is 605. The summed E-state index contributed by atoms with van der Waals surface area (Å²) < 4.78 is 5.31. The van der Waals surface area contributed by atoms with Gasteiger partial charge in [0, 0.05) is 37.1 Å². The maximum atomic E-state index is 12.4. The molecule has 1 fully saturated rings. The maximum Gasteiger partial charge on any atom is 0.270 e. The number of fused-ring (bicyclic) bond motifs is 1. The van der Waals surface area contributed by atoms with Gasteiger partial charge in [0.05, 0.1) is 7.11 Å². The minimum absolute atomic E-state index is 0. The normalized spacial score (nSPS) is 14.9. The number of hydrogen-bond acceptors (Lipinski definition) is 3. The zero-order valence-corrected chi connectivity index (χ0v) is 12.1. The monoisotopic (exact) mass is 295 g/mol. The average Bonchev–Trinajstić information content (AvgIpc) is 2.91. The molecule has 108 valence electrons. The third kappa shape index (κ3) is 2.59. The summed E-state index contributed by atoms with van der Waals surface area (Å²) in [6, 6.07) is 7.64. The van der Waals surface area contributed by atoms with Crippen LogP contribution >= 0.6 is 12.4 Å². The van der Waals surface area contributed by atoms with Gasteiger partial charge >= 0.3 is 0 Å². The number of aromatic nitrogens is 1. The van der Waals surface area contributed by atoms with Gasteiger partial charge in [-0.1, -0.05) is 6.07 Å². The molecule has 1 aromatic heterocycles. The highest BCUT2D eigenvalue weighted by molar-refractivity contribution is 5.99. The van der Waals surface area contributed by atoms with Crippen molar-refractivity contribution in [2.75, 3.05) is 33.3 Å². The Labute approximate surface area is 123 Å². The predicted octanol–water partition coefficient (Wildman–Crippen LogP) is 1.64. The lowest BCUT2D eigenvalue weighted by Gasteiger charge is -2.26. The van der Waals surface area contributed by atoms with Crippen LogP contribution in [-0.4, -0.2) is 49.1 Å². The van der Waals surface area contributed by atoms with Crippen molar-refractivity contribution in [3.8, 4) is 5.75 Å². The summed E-state index contributed by atoms with van der Waals surface area (Å²) in [6.45, 7) is 3.22. The Balaban J connectivity index is 0.00000147. The lowest BCUT2D eigenvalue weighted by atomic mass is 10.2. The highest BCUT2D eigenvalue weighted by Gasteiger charge is 2.20. The van der Waals surface area contributed by atoms with Crippen LogP contribution < -0.4 is 10.1 Å².